The van der Waals surface area contributed by atoms with E-state index in [0.717, 1.165) is 12.8 Å². The Morgan fingerprint density at radius 2 is 2.29 bits per heavy atom. The molecule has 0 aliphatic rings. The summed E-state index contributed by atoms with van der Waals surface area (Å²) in [5.74, 6) is 2.69. The maximum Gasteiger partial charge on any atom is 0.135 e. The average Bonchev–Trinajstić information content (AvgIpc) is 1.69. The summed E-state index contributed by atoms with van der Waals surface area (Å²) in [5, 5.41) is 0. The van der Waals surface area contributed by atoms with E-state index in [1.165, 1.54) is 0 Å². The van der Waals surface area contributed by atoms with Crippen molar-refractivity contribution in [2.75, 3.05) is 0 Å². The minimum atomic E-state index is 0.787. The van der Waals surface area contributed by atoms with E-state index < -0.39 is 0 Å². The molecule has 0 saturated carbocycles. The van der Waals surface area contributed by atoms with Gasteiger partial charge in [0.2, 0.25) is 0 Å². The lowest BCUT2D eigenvalue weighted by Gasteiger charge is -1.76. The van der Waals surface area contributed by atoms with Gasteiger partial charge < -0.3 is 4.74 Å². The Hall–Kier alpha value is -0.640. The SMILES string of the molecule is [CH2]CCC#CO[CH2]. The van der Waals surface area contributed by atoms with E-state index in [1.807, 2.05) is 0 Å². The molecule has 1 heteroatoms. The Labute approximate surface area is 44.7 Å². The molecule has 0 aromatic heterocycles. The van der Waals surface area contributed by atoms with Crippen molar-refractivity contribution in [1.82, 2.24) is 0 Å². The minimum Gasteiger partial charge on any atom is -0.443 e. The highest BCUT2D eigenvalue weighted by atomic mass is 16.5. The van der Waals surface area contributed by atoms with Gasteiger partial charge >= 0.3 is 0 Å². The van der Waals surface area contributed by atoms with Crippen LogP contribution in [0.4, 0.5) is 0 Å². The topological polar surface area (TPSA) is 9.23 Å². The zero-order valence-electron chi connectivity index (χ0n) is 4.24. The molecular formula is C6H8O. The lowest BCUT2D eigenvalue weighted by atomic mass is 10.4. The first-order valence-corrected chi connectivity index (χ1v) is 2.10. The summed E-state index contributed by atoms with van der Waals surface area (Å²) >= 11 is 0. The highest BCUT2D eigenvalue weighted by molar-refractivity contribution is 4.91. The van der Waals surface area contributed by atoms with Gasteiger partial charge in [0.15, 0.2) is 0 Å². The normalized spacial score (nSPS) is 6.57. The largest absolute Gasteiger partial charge is 0.443 e. The van der Waals surface area contributed by atoms with Gasteiger partial charge in [-0.1, -0.05) is 12.8 Å². The standard InChI is InChI=1S/C6H8O/c1-3-4-5-6-7-2/h1-4H2. The third kappa shape index (κ3) is 5.36. The first-order valence-electron chi connectivity index (χ1n) is 2.10. The zero-order valence-corrected chi connectivity index (χ0v) is 4.24. The fourth-order valence-electron chi connectivity index (χ4n) is 0.190. The van der Waals surface area contributed by atoms with E-state index >= 15 is 0 Å². The van der Waals surface area contributed by atoms with Crippen LogP contribution in [0.25, 0.3) is 0 Å². The highest BCUT2D eigenvalue weighted by Crippen LogP contribution is 1.79. The smallest absolute Gasteiger partial charge is 0.135 e. The van der Waals surface area contributed by atoms with Crippen LogP contribution in [-0.2, 0) is 4.74 Å². The summed E-state index contributed by atoms with van der Waals surface area (Å²) < 4.78 is 4.20. The number of hydrogen-bond acceptors (Lipinski definition) is 1. The van der Waals surface area contributed by atoms with Crippen LogP contribution in [0, 0.1) is 26.1 Å². The van der Waals surface area contributed by atoms with Crippen LogP contribution in [0.15, 0.2) is 0 Å². The van der Waals surface area contributed by atoms with Crippen LogP contribution in [0.3, 0.4) is 0 Å². The Balaban J connectivity index is 2.91. The van der Waals surface area contributed by atoms with Crippen LogP contribution < -0.4 is 0 Å². The van der Waals surface area contributed by atoms with Crippen LogP contribution in [-0.4, -0.2) is 0 Å². The Morgan fingerprint density at radius 3 is 2.71 bits per heavy atom. The van der Waals surface area contributed by atoms with E-state index in [0.29, 0.717) is 0 Å². The van der Waals surface area contributed by atoms with E-state index in [4.69, 9.17) is 0 Å². The fraction of sp³-hybridized carbons (Fsp3) is 0.333. The molecule has 0 aromatic rings. The van der Waals surface area contributed by atoms with E-state index in [-0.39, 0.29) is 0 Å². The molecule has 0 N–H and O–H groups in total. The third-order valence-corrected chi connectivity index (χ3v) is 0.446. The van der Waals surface area contributed by atoms with Gasteiger partial charge in [-0.15, -0.1) is 0 Å². The van der Waals surface area contributed by atoms with E-state index in [1.54, 1.807) is 0 Å². The first kappa shape index (κ1) is 6.36. The monoisotopic (exact) mass is 96.1 g/mol. The molecule has 0 bridgehead atoms. The second kappa shape index (κ2) is 5.36. The Bertz CT molecular complexity index is 75.9. The summed E-state index contributed by atoms with van der Waals surface area (Å²) in [4.78, 5) is 0. The molecule has 0 atom stereocenters. The summed E-state index contributed by atoms with van der Waals surface area (Å²) in [5.41, 5.74) is 0. The summed E-state index contributed by atoms with van der Waals surface area (Å²) in [6.07, 6.45) is 3.96. The van der Waals surface area contributed by atoms with Crippen molar-refractivity contribution in [2.24, 2.45) is 0 Å². The van der Waals surface area contributed by atoms with Crippen molar-refractivity contribution in [3.8, 4) is 12.0 Å². The number of hydrogen-bond donors (Lipinski definition) is 0. The lowest BCUT2D eigenvalue weighted by Crippen LogP contribution is -1.63. The van der Waals surface area contributed by atoms with E-state index in [9.17, 15) is 0 Å². The van der Waals surface area contributed by atoms with Crippen molar-refractivity contribution in [2.45, 2.75) is 12.8 Å². The lowest BCUT2D eigenvalue weighted by molar-refractivity contribution is 0.430. The van der Waals surface area contributed by atoms with Gasteiger partial charge in [0.05, 0.1) is 0 Å². The van der Waals surface area contributed by atoms with Crippen molar-refractivity contribution in [1.29, 1.82) is 0 Å². The van der Waals surface area contributed by atoms with Gasteiger partial charge in [-0.05, 0) is 6.42 Å². The molecular weight excluding hydrogens is 88.1 g/mol. The molecule has 0 amide bonds. The van der Waals surface area contributed by atoms with Gasteiger partial charge in [0.25, 0.3) is 0 Å². The van der Waals surface area contributed by atoms with Crippen LogP contribution in [0.5, 0.6) is 0 Å². The van der Waals surface area contributed by atoms with Crippen molar-refractivity contribution < 1.29 is 4.74 Å². The van der Waals surface area contributed by atoms with Crippen molar-refractivity contribution in [3.63, 3.8) is 0 Å². The van der Waals surface area contributed by atoms with Gasteiger partial charge in [-0.3, -0.25) is 0 Å². The average molecular weight is 96.1 g/mol. The Morgan fingerprint density at radius 1 is 1.57 bits per heavy atom. The molecule has 7 heavy (non-hydrogen) atoms. The molecule has 0 spiro atoms. The molecule has 38 valence electrons. The van der Waals surface area contributed by atoms with Crippen LogP contribution in [0.1, 0.15) is 12.8 Å². The first-order chi connectivity index (χ1) is 3.41. The summed E-state index contributed by atoms with van der Waals surface area (Å²) in [6.45, 7) is 3.58. The molecule has 0 unspecified atom stereocenters. The van der Waals surface area contributed by atoms with Crippen LogP contribution in [0.2, 0.25) is 0 Å². The van der Waals surface area contributed by atoms with Crippen molar-refractivity contribution >= 4 is 0 Å². The Kier molecular flexibility index (Phi) is 4.87. The molecule has 0 rings (SSSR count). The number of ether oxygens (including phenoxy) is 1. The highest BCUT2D eigenvalue weighted by Gasteiger charge is 1.66. The predicted octanol–water partition coefficient (Wildman–Crippen LogP) is 1.37. The van der Waals surface area contributed by atoms with Crippen molar-refractivity contribution in [3.05, 3.63) is 14.0 Å². The van der Waals surface area contributed by atoms with Crippen LogP contribution >= 0.6 is 0 Å². The molecule has 2 radical (unpaired) electrons. The molecule has 0 saturated heterocycles. The molecule has 1 nitrogen and oxygen atoms in total. The molecule has 0 aliphatic heterocycles. The molecule has 0 aliphatic carbocycles. The molecule has 0 aromatic carbocycles. The maximum atomic E-state index is 4.20. The second-order valence-electron chi connectivity index (χ2n) is 1.03. The second-order valence-corrected chi connectivity index (χ2v) is 1.03. The zero-order chi connectivity index (χ0) is 5.54. The third-order valence-electron chi connectivity index (χ3n) is 0.446. The van der Waals surface area contributed by atoms with Gasteiger partial charge in [0.1, 0.15) is 13.2 Å². The van der Waals surface area contributed by atoms with E-state index in [2.05, 4.69) is 30.8 Å². The number of rotatable bonds is 1. The summed E-state index contributed by atoms with van der Waals surface area (Å²) in [7, 11) is 3.06. The summed E-state index contributed by atoms with van der Waals surface area (Å²) in [6, 6.07) is 0. The predicted molar refractivity (Wildman–Crippen MR) is 28.8 cm³/mol. The quantitative estimate of drug-likeness (QED) is 0.448. The van der Waals surface area contributed by atoms with Gasteiger partial charge in [-0.2, -0.15) is 0 Å². The number of unbranched alkanes of at least 4 members (excludes halogenated alkanes) is 1. The maximum absolute atomic E-state index is 4.20. The fourth-order valence-corrected chi connectivity index (χ4v) is 0.190. The minimum absolute atomic E-state index is 0.787. The van der Waals surface area contributed by atoms with Gasteiger partial charge in [-0.25, -0.2) is 0 Å². The molecule has 0 fully saturated rings. The van der Waals surface area contributed by atoms with Gasteiger partial charge in [0, 0.05) is 6.42 Å². The molecule has 0 heterocycles.